The molecule has 11 nitrogen and oxygen atoms in total. The number of anilines is 1. The van der Waals surface area contributed by atoms with Crippen molar-refractivity contribution in [2.45, 2.75) is 33.0 Å². The van der Waals surface area contributed by atoms with Crippen LogP contribution < -0.4 is 10.6 Å². The average molecular weight is 389 g/mol. The first kappa shape index (κ1) is 20.5. The van der Waals surface area contributed by atoms with Gasteiger partial charge in [0.25, 0.3) is 0 Å². The van der Waals surface area contributed by atoms with E-state index in [-0.39, 0.29) is 38.4 Å². The van der Waals surface area contributed by atoms with Gasteiger partial charge >= 0.3 is 7.60 Å². The van der Waals surface area contributed by atoms with Gasteiger partial charge in [0.05, 0.1) is 13.2 Å². The lowest BCUT2D eigenvalue weighted by molar-refractivity contribution is -0.107. The summed E-state index contributed by atoms with van der Waals surface area (Å²) in [4.78, 5) is 17.2. The van der Waals surface area contributed by atoms with Crippen LogP contribution in [0.1, 0.15) is 26.7 Å². The number of aliphatic hydroxyl groups excluding tert-OH is 1. The predicted molar refractivity (Wildman–Crippen MR) is 93.2 cm³/mol. The van der Waals surface area contributed by atoms with Crippen molar-refractivity contribution in [2.24, 2.45) is 0 Å². The van der Waals surface area contributed by atoms with Crippen LogP contribution in [0.25, 0.3) is 11.2 Å². The van der Waals surface area contributed by atoms with E-state index in [1.165, 1.54) is 17.4 Å². The third-order valence-corrected chi connectivity index (χ3v) is 5.01. The molecule has 0 aliphatic carbocycles. The summed E-state index contributed by atoms with van der Waals surface area (Å²) in [5.74, 6) is 0.230. The maximum absolute atomic E-state index is 12.2. The topological polar surface area (TPSA) is 144 Å². The van der Waals surface area contributed by atoms with Crippen molar-refractivity contribution in [1.82, 2.24) is 19.7 Å². The standard InChI is InChI=1S/C14H24N5O6P/c1-3-23-26(21,24-4-2)10-22-7-5-6-11(20)25-19-9-18-12-13(15)16-8-17-14(12)19/h8-9,11,20H,3-7,10H2,1-2H3,(H2,15,16,17). The summed E-state index contributed by atoms with van der Waals surface area (Å²) in [6.07, 6.45) is 2.17. The van der Waals surface area contributed by atoms with Crippen molar-refractivity contribution in [3.8, 4) is 0 Å². The van der Waals surface area contributed by atoms with E-state index in [0.717, 1.165) is 0 Å². The van der Waals surface area contributed by atoms with Gasteiger partial charge in [-0.05, 0) is 20.3 Å². The number of aliphatic hydroxyl groups is 1. The van der Waals surface area contributed by atoms with E-state index in [9.17, 15) is 9.67 Å². The number of ether oxygens (including phenoxy) is 1. The van der Waals surface area contributed by atoms with E-state index in [4.69, 9.17) is 24.4 Å². The average Bonchev–Trinajstić information content (AvgIpc) is 2.99. The summed E-state index contributed by atoms with van der Waals surface area (Å²) in [6, 6.07) is 0. The molecule has 0 bridgehead atoms. The van der Waals surface area contributed by atoms with E-state index >= 15 is 0 Å². The summed E-state index contributed by atoms with van der Waals surface area (Å²) >= 11 is 0. The van der Waals surface area contributed by atoms with Crippen molar-refractivity contribution in [3.63, 3.8) is 0 Å². The Kier molecular flexibility index (Phi) is 7.73. The monoisotopic (exact) mass is 389 g/mol. The fraction of sp³-hybridized carbons (Fsp3) is 0.643. The molecule has 0 fully saturated rings. The molecule has 2 aromatic rings. The maximum atomic E-state index is 12.2. The fourth-order valence-corrected chi connectivity index (χ4v) is 3.50. The number of hydrogen-bond acceptors (Lipinski definition) is 10. The van der Waals surface area contributed by atoms with Crippen molar-refractivity contribution in [3.05, 3.63) is 12.7 Å². The Morgan fingerprint density at radius 3 is 2.69 bits per heavy atom. The molecule has 2 rings (SSSR count). The van der Waals surface area contributed by atoms with Gasteiger partial charge in [-0.1, -0.05) is 0 Å². The van der Waals surface area contributed by atoms with Crippen LogP contribution in [-0.4, -0.2) is 57.2 Å². The van der Waals surface area contributed by atoms with Gasteiger partial charge in [-0.2, -0.15) is 0 Å². The maximum Gasteiger partial charge on any atom is 0.356 e. The molecule has 3 N–H and O–H groups in total. The molecule has 0 amide bonds. The molecule has 26 heavy (non-hydrogen) atoms. The van der Waals surface area contributed by atoms with Crippen LogP contribution in [0.2, 0.25) is 0 Å². The molecule has 12 heteroatoms. The number of nitrogen functional groups attached to an aromatic ring is 1. The first-order valence-corrected chi connectivity index (χ1v) is 9.96. The van der Waals surface area contributed by atoms with Crippen LogP contribution in [0, 0.1) is 0 Å². The highest BCUT2D eigenvalue weighted by atomic mass is 31.2. The number of fused-ring (bicyclic) bond motifs is 1. The summed E-state index contributed by atoms with van der Waals surface area (Å²) < 4.78 is 29.0. The first-order chi connectivity index (χ1) is 12.5. The molecule has 0 saturated heterocycles. The third-order valence-electron chi connectivity index (χ3n) is 3.21. The minimum atomic E-state index is -3.22. The van der Waals surface area contributed by atoms with E-state index in [1.807, 2.05) is 0 Å². The van der Waals surface area contributed by atoms with Crippen LogP contribution in [0.5, 0.6) is 0 Å². The lowest BCUT2D eigenvalue weighted by atomic mass is 10.3. The second kappa shape index (κ2) is 9.79. The molecule has 0 aliphatic heterocycles. The Bertz CT molecular complexity index is 732. The van der Waals surface area contributed by atoms with Gasteiger partial charge in [0.2, 0.25) is 11.9 Å². The minimum Gasteiger partial charge on any atom is -0.382 e. The highest BCUT2D eigenvalue weighted by molar-refractivity contribution is 7.53. The van der Waals surface area contributed by atoms with E-state index < -0.39 is 13.9 Å². The number of imidazole rings is 1. The molecule has 0 aromatic carbocycles. The number of nitrogens with zero attached hydrogens (tertiary/aromatic N) is 4. The van der Waals surface area contributed by atoms with Gasteiger partial charge in [0.15, 0.2) is 11.3 Å². The number of rotatable bonds is 12. The quantitative estimate of drug-likeness (QED) is 0.308. The molecule has 0 radical (unpaired) electrons. The molecule has 1 unspecified atom stereocenters. The minimum absolute atomic E-state index is 0.131. The molecule has 0 aliphatic rings. The zero-order valence-corrected chi connectivity index (χ0v) is 15.7. The van der Waals surface area contributed by atoms with Gasteiger partial charge < -0.3 is 29.5 Å². The second-order valence-electron chi connectivity index (χ2n) is 5.19. The Morgan fingerprint density at radius 1 is 1.27 bits per heavy atom. The van der Waals surface area contributed by atoms with Gasteiger partial charge in [-0.3, -0.25) is 4.57 Å². The molecular formula is C14H24N5O6P. The first-order valence-electron chi connectivity index (χ1n) is 8.23. The van der Waals surface area contributed by atoms with Crippen LogP contribution in [0.3, 0.4) is 0 Å². The lowest BCUT2D eigenvalue weighted by Gasteiger charge is -2.17. The highest BCUT2D eigenvalue weighted by Gasteiger charge is 2.23. The molecule has 1 atom stereocenters. The van der Waals surface area contributed by atoms with E-state index in [0.29, 0.717) is 17.6 Å². The van der Waals surface area contributed by atoms with Crippen LogP contribution in [0.15, 0.2) is 12.7 Å². The smallest absolute Gasteiger partial charge is 0.356 e. The van der Waals surface area contributed by atoms with Crippen LogP contribution in [-0.2, 0) is 18.3 Å². The second-order valence-corrected chi connectivity index (χ2v) is 7.18. The summed E-state index contributed by atoms with van der Waals surface area (Å²) in [6.45, 7) is 4.29. The molecule has 2 heterocycles. The highest BCUT2D eigenvalue weighted by Crippen LogP contribution is 2.47. The SMILES string of the molecule is CCOP(=O)(COCCCC(O)On1cnc2c(N)ncnc21)OCC. The van der Waals surface area contributed by atoms with Crippen molar-refractivity contribution in [1.29, 1.82) is 0 Å². The Hall–Kier alpha value is -1.78. The van der Waals surface area contributed by atoms with Crippen LogP contribution >= 0.6 is 7.60 Å². The van der Waals surface area contributed by atoms with Gasteiger partial charge in [-0.15, -0.1) is 4.73 Å². The predicted octanol–water partition coefficient (Wildman–Crippen LogP) is 1.18. The number of nitrogens with two attached hydrogens (primary N) is 1. The fourth-order valence-electron chi connectivity index (χ4n) is 2.14. The van der Waals surface area contributed by atoms with E-state index in [1.54, 1.807) is 13.8 Å². The Morgan fingerprint density at radius 2 is 2.00 bits per heavy atom. The number of hydrogen-bond donors (Lipinski definition) is 2. The lowest BCUT2D eigenvalue weighted by Crippen LogP contribution is -2.24. The van der Waals surface area contributed by atoms with Gasteiger partial charge in [0.1, 0.15) is 19.0 Å². The Balaban J connectivity index is 1.74. The Labute approximate surface area is 150 Å². The zero-order chi connectivity index (χ0) is 19.0. The summed E-state index contributed by atoms with van der Waals surface area (Å²) in [5.41, 5.74) is 6.44. The zero-order valence-electron chi connectivity index (χ0n) is 14.8. The molecule has 2 aromatic heterocycles. The third kappa shape index (κ3) is 5.61. The van der Waals surface area contributed by atoms with Crippen LogP contribution in [0.4, 0.5) is 5.82 Å². The summed E-state index contributed by atoms with van der Waals surface area (Å²) in [7, 11) is -3.22. The summed E-state index contributed by atoms with van der Waals surface area (Å²) in [5, 5.41) is 9.97. The van der Waals surface area contributed by atoms with E-state index in [2.05, 4.69) is 15.0 Å². The van der Waals surface area contributed by atoms with Crippen molar-refractivity contribution >= 4 is 24.6 Å². The largest absolute Gasteiger partial charge is 0.382 e. The normalized spacial score (nSPS) is 13.2. The van der Waals surface area contributed by atoms with Crippen molar-refractivity contribution < 1.29 is 28.3 Å². The molecule has 0 spiro atoms. The van der Waals surface area contributed by atoms with Gasteiger partial charge in [-0.25, -0.2) is 15.0 Å². The van der Waals surface area contributed by atoms with Gasteiger partial charge in [0, 0.05) is 13.0 Å². The molecule has 0 saturated carbocycles. The number of aromatic nitrogens is 4. The molecular weight excluding hydrogens is 365 g/mol. The van der Waals surface area contributed by atoms with Crippen molar-refractivity contribution in [2.75, 3.05) is 31.9 Å². The molecule has 146 valence electrons.